The highest BCUT2D eigenvalue weighted by molar-refractivity contribution is 5.76. The molecule has 0 spiro atoms. The first-order chi connectivity index (χ1) is 8.39. The fraction of sp³-hybridized carbons (Fsp3) is 0.500. The van der Waals surface area contributed by atoms with Crippen LogP contribution in [0, 0.1) is 18.2 Å². The smallest absolute Gasteiger partial charge is 0.321 e. The molecule has 1 aromatic carbocycles. The van der Waals surface area contributed by atoms with E-state index in [1.807, 2.05) is 6.07 Å². The maximum atomic E-state index is 13.6. The molecule has 4 heteroatoms. The van der Waals surface area contributed by atoms with Gasteiger partial charge >= 0.3 is 5.97 Å². The Morgan fingerprint density at radius 1 is 1.44 bits per heavy atom. The number of rotatable bonds is 3. The maximum absolute atomic E-state index is 13.6. The van der Waals surface area contributed by atoms with E-state index in [1.165, 1.54) is 0 Å². The van der Waals surface area contributed by atoms with Crippen LogP contribution in [0.15, 0.2) is 18.2 Å². The van der Waals surface area contributed by atoms with E-state index in [4.69, 9.17) is 10.8 Å². The predicted octanol–water partition coefficient (Wildman–Crippen LogP) is 1.97. The molecule has 2 bridgehead atoms. The number of nitrogens with two attached hydrogens (primary N) is 1. The zero-order valence-corrected chi connectivity index (χ0v) is 10.2. The van der Waals surface area contributed by atoms with Crippen molar-refractivity contribution < 1.29 is 14.3 Å². The van der Waals surface area contributed by atoms with Crippen molar-refractivity contribution in [3.63, 3.8) is 0 Å². The lowest BCUT2D eigenvalue weighted by Crippen LogP contribution is -2.72. The minimum atomic E-state index is -0.932. The van der Waals surface area contributed by atoms with Crippen molar-refractivity contribution in [1.82, 2.24) is 0 Å². The van der Waals surface area contributed by atoms with Crippen LogP contribution in [0.4, 0.5) is 4.39 Å². The molecule has 96 valence electrons. The van der Waals surface area contributed by atoms with Crippen molar-refractivity contribution in [3.8, 4) is 0 Å². The lowest BCUT2D eigenvalue weighted by atomic mass is 9.31. The first-order valence-electron chi connectivity index (χ1n) is 6.14. The SMILES string of the molecule is Cc1ccc(C23CC(C(N)C(=O)O)(C2)C3)cc1F. The Kier molecular flexibility index (Phi) is 2.15. The molecular formula is C14H16FNO2. The molecule has 4 rings (SSSR count). The quantitative estimate of drug-likeness (QED) is 0.860. The fourth-order valence-electron chi connectivity index (χ4n) is 3.69. The summed E-state index contributed by atoms with van der Waals surface area (Å²) in [5, 5.41) is 8.96. The van der Waals surface area contributed by atoms with Gasteiger partial charge in [0.25, 0.3) is 0 Å². The largest absolute Gasteiger partial charge is 0.480 e. The Morgan fingerprint density at radius 2 is 2.06 bits per heavy atom. The van der Waals surface area contributed by atoms with Gasteiger partial charge in [0.1, 0.15) is 11.9 Å². The average molecular weight is 249 g/mol. The normalized spacial score (nSPS) is 34.4. The lowest BCUT2D eigenvalue weighted by Gasteiger charge is -2.72. The summed E-state index contributed by atoms with van der Waals surface area (Å²) in [6, 6.07) is 4.54. The van der Waals surface area contributed by atoms with Crippen LogP contribution in [0.2, 0.25) is 0 Å². The molecule has 1 atom stereocenters. The zero-order valence-electron chi connectivity index (χ0n) is 10.2. The van der Waals surface area contributed by atoms with Crippen LogP contribution in [0.1, 0.15) is 30.4 Å². The summed E-state index contributed by atoms with van der Waals surface area (Å²) in [6.45, 7) is 1.74. The molecule has 0 aromatic heterocycles. The number of carboxylic acids is 1. The van der Waals surface area contributed by atoms with E-state index in [0.29, 0.717) is 5.56 Å². The number of aryl methyl sites for hydroxylation is 1. The standard InChI is InChI=1S/C14H16FNO2/c1-8-2-3-9(4-10(8)15)13-5-14(6-13,7-13)11(16)12(17)18/h2-4,11H,5-7,16H2,1H3,(H,17,18). The molecule has 18 heavy (non-hydrogen) atoms. The number of aliphatic carboxylic acids is 1. The molecule has 3 nitrogen and oxygen atoms in total. The molecule has 3 fully saturated rings. The van der Waals surface area contributed by atoms with Gasteiger partial charge in [0.2, 0.25) is 0 Å². The Balaban J connectivity index is 1.80. The lowest BCUT2D eigenvalue weighted by molar-refractivity contribution is -0.178. The molecule has 3 saturated carbocycles. The molecule has 1 unspecified atom stereocenters. The minimum Gasteiger partial charge on any atom is -0.480 e. The number of halogens is 1. The Hall–Kier alpha value is -1.42. The number of carbonyl (C=O) groups is 1. The van der Waals surface area contributed by atoms with Gasteiger partial charge in [-0.05, 0) is 54.2 Å². The third-order valence-corrected chi connectivity index (χ3v) is 4.78. The average Bonchev–Trinajstić information content (AvgIpc) is 2.19. The van der Waals surface area contributed by atoms with Crippen LogP contribution >= 0.6 is 0 Å². The molecule has 0 aliphatic heterocycles. The Bertz CT molecular complexity index is 521. The van der Waals surface area contributed by atoms with Gasteiger partial charge in [-0.2, -0.15) is 0 Å². The van der Waals surface area contributed by atoms with Crippen molar-refractivity contribution in [1.29, 1.82) is 0 Å². The summed E-state index contributed by atoms with van der Waals surface area (Å²) in [5.74, 6) is -1.12. The summed E-state index contributed by atoms with van der Waals surface area (Å²) >= 11 is 0. The van der Waals surface area contributed by atoms with Gasteiger partial charge in [-0.25, -0.2) is 4.39 Å². The highest BCUT2D eigenvalue weighted by Gasteiger charge is 2.71. The van der Waals surface area contributed by atoms with Gasteiger partial charge in [0.15, 0.2) is 0 Å². The molecule has 3 aliphatic rings. The summed E-state index contributed by atoms with van der Waals surface area (Å²) in [4.78, 5) is 10.9. The van der Waals surface area contributed by atoms with E-state index >= 15 is 0 Å². The summed E-state index contributed by atoms with van der Waals surface area (Å²) < 4.78 is 13.6. The molecule has 0 saturated heterocycles. The monoisotopic (exact) mass is 249 g/mol. The Labute approximate surface area is 105 Å². The van der Waals surface area contributed by atoms with Crippen molar-refractivity contribution in [3.05, 3.63) is 35.1 Å². The van der Waals surface area contributed by atoms with Crippen molar-refractivity contribution in [2.75, 3.05) is 0 Å². The highest BCUT2D eigenvalue weighted by atomic mass is 19.1. The van der Waals surface area contributed by atoms with E-state index in [1.54, 1.807) is 19.1 Å². The molecule has 3 aliphatic carbocycles. The number of benzene rings is 1. The van der Waals surface area contributed by atoms with Gasteiger partial charge in [-0.15, -0.1) is 0 Å². The third kappa shape index (κ3) is 1.29. The third-order valence-electron chi connectivity index (χ3n) is 4.78. The van der Waals surface area contributed by atoms with Crippen LogP contribution in [0.5, 0.6) is 0 Å². The topological polar surface area (TPSA) is 63.3 Å². The van der Waals surface area contributed by atoms with Gasteiger partial charge in [0, 0.05) is 0 Å². The predicted molar refractivity (Wildman–Crippen MR) is 64.7 cm³/mol. The second kappa shape index (κ2) is 3.32. The molecule has 3 N–H and O–H groups in total. The molecule has 0 heterocycles. The summed E-state index contributed by atoms with van der Waals surface area (Å²) in [6.07, 6.45) is 2.32. The van der Waals surface area contributed by atoms with E-state index in [-0.39, 0.29) is 16.6 Å². The summed E-state index contributed by atoms with van der Waals surface area (Å²) in [7, 11) is 0. The van der Waals surface area contributed by atoms with Gasteiger partial charge < -0.3 is 10.8 Å². The van der Waals surface area contributed by atoms with Gasteiger partial charge in [0.05, 0.1) is 0 Å². The van der Waals surface area contributed by atoms with Crippen LogP contribution in [0.3, 0.4) is 0 Å². The van der Waals surface area contributed by atoms with Crippen LogP contribution in [0.25, 0.3) is 0 Å². The van der Waals surface area contributed by atoms with Gasteiger partial charge in [-0.1, -0.05) is 12.1 Å². The van der Waals surface area contributed by atoms with Crippen molar-refractivity contribution in [2.24, 2.45) is 11.1 Å². The number of hydrogen-bond donors (Lipinski definition) is 2. The van der Waals surface area contributed by atoms with Gasteiger partial charge in [-0.3, -0.25) is 4.79 Å². The van der Waals surface area contributed by atoms with Crippen LogP contribution < -0.4 is 5.73 Å². The minimum absolute atomic E-state index is 0.0123. The first-order valence-corrected chi connectivity index (χ1v) is 6.14. The molecule has 0 radical (unpaired) electrons. The number of hydrogen-bond acceptors (Lipinski definition) is 2. The molecule has 1 aromatic rings. The highest BCUT2D eigenvalue weighted by Crippen LogP contribution is 2.74. The maximum Gasteiger partial charge on any atom is 0.321 e. The Morgan fingerprint density at radius 3 is 2.56 bits per heavy atom. The van der Waals surface area contributed by atoms with E-state index < -0.39 is 12.0 Å². The van der Waals surface area contributed by atoms with Crippen LogP contribution in [-0.2, 0) is 10.2 Å². The second-order valence-electron chi connectivity index (χ2n) is 5.95. The van der Waals surface area contributed by atoms with Crippen molar-refractivity contribution in [2.45, 2.75) is 37.6 Å². The number of carboxylic acid groups (broad SMARTS) is 1. The second-order valence-corrected chi connectivity index (χ2v) is 5.95. The first kappa shape index (κ1) is 11.7. The van der Waals surface area contributed by atoms with E-state index in [2.05, 4.69) is 0 Å². The molecular weight excluding hydrogens is 233 g/mol. The van der Waals surface area contributed by atoms with E-state index in [0.717, 1.165) is 24.8 Å². The van der Waals surface area contributed by atoms with Crippen molar-refractivity contribution >= 4 is 5.97 Å². The van der Waals surface area contributed by atoms with Crippen LogP contribution in [-0.4, -0.2) is 17.1 Å². The van der Waals surface area contributed by atoms with E-state index in [9.17, 15) is 9.18 Å². The summed E-state index contributed by atoms with van der Waals surface area (Å²) in [5.41, 5.74) is 7.09. The zero-order chi connectivity index (χ0) is 13.1. The fourth-order valence-corrected chi connectivity index (χ4v) is 3.69. The molecule has 0 amide bonds.